The maximum atomic E-state index is 12.2. The molecule has 1 unspecified atom stereocenters. The number of aliphatic carboxylic acids is 1. The van der Waals surface area contributed by atoms with Crippen molar-refractivity contribution in [1.82, 2.24) is 4.90 Å². The second kappa shape index (κ2) is 5.56. The molecule has 15 heavy (non-hydrogen) atoms. The summed E-state index contributed by atoms with van der Waals surface area (Å²) in [6, 6.07) is 1.77. The van der Waals surface area contributed by atoms with Crippen LogP contribution in [0.4, 0.5) is 13.2 Å². The molecule has 0 heterocycles. The lowest BCUT2D eigenvalue weighted by Crippen LogP contribution is -2.40. The van der Waals surface area contributed by atoms with Crippen LogP contribution in [0.1, 0.15) is 6.42 Å². The normalized spacial score (nSPS) is 13.6. The van der Waals surface area contributed by atoms with Crippen molar-refractivity contribution < 1.29 is 23.1 Å². The van der Waals surface area contributed by atoms with Gasteiger partial charge in [0.15, 0.2) is 5.92 Å². The van der Waals surface area contributed by atoms with Crippen LogP contribution in [0.25, 0.3) is 0 Å². The third kappa shape index (κ3) is 5.22. The van der Waals surface area contributed by atoms with E-state index in [0.29, 0.717) is 0 Å². The molecule has 0 aliphatic rings. The second-order valence-electron chi connectivity index (χ2n) is 3.10. The van der Waals surface area contributed by atoms with Crippen molar-refractivity contribution in [2.45, 2.75) is 12.6 Å². The molecule has 4 nitrogen and oxygen atoms in total. The first kappa shape index (κ1) is 13.7. The van der Waals surface area contributed by atoms with Crippen LogP contribution < -0.4 is 0 Å². The van der Waals surface area contributed by atoms with Gasteiger partial charge in [0.25, 0.3) is 0 Å². The van der Waals surface area contributed by atoms with Crippen molar-refractivity contribution in [2.24, 2.45) is 5.92 Å². The van der Waals surface area contributed by atoms with Gasteiger partial charge in [0.1, 0.15) is 0 Å². The van der Waals surface area contributed by atoms with E-state index in [-0.39, 0.29) is 13.0 Å². The quantitative estimate of drug-likeness (QED) is 0.759. The molecule has 0 radical (unpaired) electrons. The number of rotatable bonds is 5. The summed E-state index contributed by atoms with van der Waals surface area (Å²) in [4.78, 5) is 11.5. The third-order valence-electron chi connectivity index (χ3n) is 1.79. The number of carboxylic acid groups (broad SMARTS) is 1. The van der Waals surface area contributed by atoms with E-state index in [4.69, 9.17) is 10.4 Å². The number of carboxylic acids is 1. The molecule has 0 aromatic rings. The van der Waals surface area contributed by atoms with Crippen molar-refractivity contribution in [3.8, 4) is 6.07 Å². The Balaban J connectivity index is 4.31. The number of hydrogen-bond acceptors (Lipinski definition) is 3. The Bertz CT molecular complexity index is 260. The SMILES string of the molecule is CN(CCC#N)CC(C(=O)O)C(F)(F)F. The molecule has 1 atom stereocenters. The Morgan fingerprint density at radius 3 is 2.47 bits per heavy atom. The molecule has 0 saturated heterocycles. The zero-order valence-corrected chi connectivity index (χ0v) is 8.08. The minimum Gasteiger partial charge on any atom is -0.481 e. The summed E-state index contributed by atoms with van der Waals surface area (Å²) in [6.07, 6.45) is -4.69. The monoisotopic (exact) mass is 224 g/mol. The van der Waals surface area contributed by atoms with Gasteiger partial charge < -0.3 is 10.0 Å². The predicted molar refractivity (Wildman–Crippen MR) is 44.9 cm³/mol. The van der Waals surface area contributed by atoms with Crippen LogP contribution in [-0.2, 0) is 4.79 Å². The molecule has 0 aromatic heterocycles. The molecule has 0 rings (SSSR count). The van der Waals surface area contributed by atoms with Gasteiger partial charge in [0, 0.05) is 19.5 Å². The van der Waals surface area contributed by atoms with E-state index >= 15 is 0 Å². The average Bonchev–Trinajstić information content (AvgIpc) is 2.08. The summed E-state index contributed by atoms with van der Waals surface area (Å²) >= 11 is 0. The Kier molecular flexibility index (Phi) is 5.08. The maximum absolute atomic E-state index is 12.2. The molecule has 0 aliphatic carbocycles. The van der Waals surface area contributed by atoms with Gasteiger partial charge in [-0.05, 0) is 7.05 Å². The zero-order chi connectivity index (χ0) is 12.1. The molecule has 0 bridgehead atoms. The summed E-state index contributed by atoms with van der Waals surface area (Å²) in [6.45, 7) is -0.517. The fourth-order valence-corrected chi connectivity index (χ4v) is 0.965. The van der Waals surface area contributed by atoms with Crippen LogP contribution in [0, 0.1) is 17.2 Å². The number of nitriles is 1. The summed E-state index contributed by atoms with van der Waals surface area (Å²) in [7, 11) is 1.35. The van der Waals surface area contributed by atoms with Gasteiger partial charge >= 0.3 is 12.1 Å². The Morgan fingerprint density at radius 2 is 2.13 bits per heavy atom. The van der Waals surface area contributed by atoms with Gasteiger partial charge in [-0.25, -0.2) is 0 Å². The van der Waals surface area contributed by atoms with Crippen molar-refractivity contribution in [1.29, 1.82) is 5.26 Å². The Hall–Kier alpha value is -1.29. The Morgan fingerprint density at radius 1 is 1.60 bits per heavy atom. The smallest absolute Gasteiger partial charge is 0.403 e. The van der Waals surface area contributed by atoms with E-state index in [1.54, 1.807) is 6.07 Å². The highest BCUT2D eigenvalue weighted by Gasteiger charge is 2.45. The van der Waals surface area contributed by atoms with Gasteiger partial charge in [-0.15, -0.1) is 0 Å². The van der Waals surface area contributed by atoms with E-state index in [9.17, 15) is 18.0 Å². The molecule has 0 aliphatic heterocycles. The minimum absolute atomic E-state index is 0.0701. The van der Waals surface area contributed by atoms with Crippen molar-refractivity contribution in [3.63, 3.8) is 0 Å². The standard InChI is InChI=1S/C8H11F3N2O2/c1-13(4-2-3-12)5-6(7(14)15)8(9,10)11/h6H,2,4-5H2,1H3,(H,14,15). The molecule has 0 fully saturated rings. The summed E-state index contributed by atoms with van der Waals surface area (Å²) in [5.41, 5.74) is 0. The molecule has 1 N–H and O–H groups in total. The van der Waals surface area contributed by atoms with Crippen LogP contribution in [-0.4, -0.2) is 42.3 Å². The second-order valence-corrected chi connectivity index (χ2v) is 3.10. The first-order valence-corrected chi connectivity index (χ1v) is 4.14. The molecule has 0 spiro atoms. The molecule has 0 aromatic carbocycles. The van der Waals surface area contributed by atoms with Gasteiger partial charge in [-0.1, -0.05) is 0 Å². The van der Waals surface area contributed by atoms with Gasteiger partial charge in [0.2, 0.25) is 0 Å². The van der Waals surface area contributed by atoms with E-state index < -0.39 is 24.6 Å². The van der Waals surface area contributed by atoms with Crippen molar-refractivity contribution in [3.05, 3.63) is 0 Å². The van der Waals surface area contributed by atoms with Crippen molar-refractivity contribution in [2.75, 3.05) is 20.1 Å². The fourth-order valence-electron chi connectivity index (χ4n) is 0.965. The highest BCUT2D eigenvalue weighted by Crippen LogP contribution is 2.26. The lowest BCUT2D eigenvalue weighted by molar-refractivity contribution is -0.196. The van der Waals surface area contributed by atoms with Crippen molar-refractivity contribution >= 4 is 5.97 Å². The number of halogens is 3. The van der Waals surface area contributed by atoms with E-state index in [0.717, 1.165) is 0 Å². The number of nitrogens with zero attached hydrogens (tertiary/aromatic N) is 2. The van der Waals surface area contributed by atoms with Crippen LogP contribution >= 0.6 is 0 Å². The minimum atomic E-state index is -4.76. The highest BCUT2D eigenvalue weighted by atomic mass is 19.4. The highest BCUT2D eigenvalue weighted by molar-refractivity contribution is 5.71. The average molecular weight is 224 g/mol. The van der Waals surface area contributed by atoms with Gasteiger partial charge in [0.05, 0.1) is 6.07 Å². The van der Waals surface area contributed by atoms with Gasteiger partial charge in [-0.2, -0.15) is 18.4 Å². The lowest BCUT2D eigenvalue weighted by Gasteiger charge is -2.22. The molecule has 7 heteroatoms. The Labute approximate surface area is 84.9 Å². The largest absolute Gasteiger partial charge is 0.481 e. The topological polar surface area (TPSA) is 64.3 Å². The number of hydrogen-bond donors (Lipinski definition) is 1. The molecule has 0 amide bonds. The lowest BCUT2D eigenvalue weighted by atomic mass is 10.1. The van der Waals surface area contributed by atoms with Crippen LogP contribution in [0.5, 0.6) is 0 Å². The van der Waals surface area contributed by atoms with Gasteiger partial charge in [-0.3, -0.25) is 4.79 Å². The van der Waals surface area contributed by atoms with E-state index in [2.05, 4.69) is 0 Å². The fraction of sp³-hybridized carbons (Fsp3) is 0.750. The van der Waals surface area contributed by atoms with E-state index in [1.807, 2.05) is 0 Å². The summed E-state index contributed by atoms with van der Waals surface area (Å²) in [5.74, 6) is -4.30. The van der Waals surface area contributed by atoms with E-state index in [1.165, 1.54) is 11.9 Å². The molecular weight excluding hydrogens is 213 g/mol. The molecule has 86 valence electrons. The molecular formula is C8H11F3N2O2. The first-order valence-electron chi connectivity index (χ1n) is 4.14. The maximum Gasteiger partial charge on any atom is 0.403 e. The third-order valence-corrected chi connectivity index (χ3v) is 1.79. The molecule has 0 saturated carbocycles. The number of carbonyl (C=O) groups is 1. The van der Waals surface area contributed by atoms with Crippen LogP contribution in [0.2, 0.25) is 0 Å². The first-order chi connectivity index (χ1) is 6.79. The summed E-state index contributed by atoms with van der Waals surface area (Å²) < 4.78 is 36.5. The summed E-state index contributed by atoms with van der Waals surface area (Å²) in [5, 5.41) is 16.6. The predicted octanol–water partition coefficient (Wildman–Crippen LogP) is 1.09. The van der Waals surface area contributed by atoms with Crippen LogP contribution in [0.3, 0.4) is 0 Å². The number of alkyl halides is 3. The van der Waals surface area contributed by atoms with Crippen LogP contribution in [0.15, 0.2) is 0 Å². The zero-order valence-electron chi connectivity index (χ0n) is 8.08.